The molecule has 0 amide bonds. The largest absolute Gasteiger partial charge is 0.229 e. The number of fused-ring (bicyclic) bond motifs is 4. The Hall–Kier alpha value is -0.570. The zero-order valence-corrected chi connectivity index (χ0v) is 9.75. The summed E-state index contributed by atoms with van der Waals surface area (Å²) in [6.45, 7) is 0. The molecule has 2 aliphatic rings. The summed E-state index contributed by atoms with van der Waals surface area (Å²) in [6, 6.07) is 0. The molecule has 15 heavy (non-hydrogen) atoms. The second kappa shape index (κ2) is 4.52. The molecular formula is C12H18O2S. The SMILES string of the molecule is O=S1(=O)CCC2C/C=C\CC1C/C=C\C2. The van der Waals surface area contributed by atoms with Gasteiger partial charge in [0.15, 0.2) is 9.84 Å². The lowest BCUT2D eigenvalue weighted by molar-refractivity contribution is 0.517. The molecule has 0 fully saturated rings. The first kappa shape index (κ1) is 10.9. The van der Waals surface area contributed by atoms with Crippen molar-refractivity contribution >= 4 is 9.84 Å². The van der Waals surface area contributed by atoms with Crippen LogP contribution in [0.4, 0.5) is 0 Å². The summed E-state index contributed by atoms with van der Waals surface area (Å²) in [6.07, 6.45) is 12.7. The van der Waals surface area contributed by atoms with Gasteiger partial charge in [0, 0.05) is 0 Å². The Kier molecular flexibility index (Phi) is 3.29. The summed E-state index contributed by atoms with van der Waals surface area (Å²) in [5, 5.41) is -0.179. The Labute approximate surface area is 92.0 Å². The molecular weight excluding hydrogens is 208 g/mol. The van der Waals surface area contributed by atoms with Crippen molar-refractivity contribution in [3.8, 4) is 0 Å². The molecule has 2 bridgehead atoms. The van der Waals surface area contributed by atoms with Crippen LogP contribution in [0, 0.1) is 5.92 Å². The average Bonchev–Trinajstić information content (AvgIpc) is 2.32. The van der Waals surface area contributed by atoms with Crippen LogP contribution >= 0.6 is 0 Å². The summed E-state index contributed by atoms with van der Waals surface area (Å²) in [7, 11) is -2.86. The third-order valence-corrected chi connectivity index (χ3v) is 5.59. The number of allylic oxidation sites excluding steroid dienone is 4. The number of hydrogen-bond acceptors (Lipinski definition) is 2. The maximum Gasteiger partial charge on any atom is 0.153 e. The number of rotatable bonds is 0. The minimum atomic E-state index is -2.86. The molecule has 0 aromatic rings. The maximum absolute atomic E-state index is 12.0. The van der Waals surface area contributed by atoms with Crippen LogP contribution in [0.25, 0.3) is 0 Å². The van der Waals surface area contributed by atoms with Crippen LogP contribution in [0.1, 0.15) is 32.1 Å². The lowest BCUT2D eigenvalue weighted by Gasteiger charge is -2.13. The van der Waals surface area contributed by atoms with E-state index in [0.29, 0.717) is 24.5 Å². The van der Waals surface area contributed by atoms with Crippen molar-refractivity contribution in [2.75, 3.05) is 5.75 Å². The van der Waals surface area contributed by atoms with Crippen LogP contribution in [0.3, 0.4) is 0 Å². The molecule has 0 saturated carbocycles. The third-order valence-electron chi connectivity index (χ3n) is 3.39. The van der Waals surface area contributed by atoms with Gasteiger partial charge in [0.05, 0.1) is 11.0 Å². The average molecular weight is 226 g/mol. The van der Waals surface area contributed by atoms with Gasteiger partial charge in [0.1, 0.15) is 0 Å². The fourth-order valence-corrected chi connectivity index (χ4v) is 4.10. The topological polar surface area (TPSA) is 34.1 Å². The molecule has 0 atom stereocenters. The highest BCUT2D eigenvalue weighted by atomic mass is 32.2. The minimum absolute atomic E-state index is 0.179. The summed E-state index contributed by atoms with van der Waals surface area (Å²) in [4.78, 5) is 0. The van der Waals surface area contributed by atoms with Crippen LogP contribution < -0.4 is 0 Å². The molecule has 0 aliphatic carbocycles. The lowest BCUT2D eigenvalue weighted by atomic mass is 9.96. The maximum atomic E-state index is 12.0. The predicted octanol–water partition coefficient (Wildman–Crippen LogP) is 2.48. The van der Waals surface area contributed by atoms with E-state index < -0.39 is 9.84 Å². The first-order valence-electron chi connectivity index (χ1n) is 5.70. The highest BCUT2D eigenvalue weighted by molar-refractivity contribution is 7.92. The molecule has 0 spiro atoms. The number of sulfone groups is 1. The summed E-state index contributed by atoms with van der Waals surface area (Å²) in [5.41, 5.74) is 0. The third kappa shape index (κ3) is 2.71. The van der Waals surface area contributed by atoms with Crippen molar-refractivity contribution in [1.29, 1.82) is 0 Å². The van der Waals surface area contributed by atoms with Gasteiger partial charge in [0.2, 0.25) is 0 Å². The fourth-order valence-electron chi connectivity index (χ4n) is 2.29. The van der Waals surface area contributed by atoms with E-state index in [9.17, 15) is 8.42 Å². The molecule has 0 radical (unpaired) electrons. The van der Waals surface area contributed by atoms with Crippen molar-refractivity contribution in [3.05, 3.63) is 24.3 Å². The Morgan fingerprint density at radius 1 is 0.867 bits per heavy atom. The Morgan fingerprint density at radius 2 is 1.40 bits per heavy atom. The van der Waals surface area contributed by atoms with E-state index in [1.165, 1.54) is 0 Å². The van der Waals surface area contributed by atoms with Gasteiger partial charge >= 0.3 is 0 Å². The van der Waals surface area contributed by atoms with Gasteiger partial charge in [-0.15, -0.1) is 0 Å². The standard InChI is InChI=1S/C12H18O2S/c13-15(14)10-9-11-5-1-3-7-12(15)8-4-2-6-11/h1-4,11-12H,5-10H2/b3-1-,4-2-. The van der Waals surface area contributed by atoms with Gasteiger partial charge < -0.3 is 0 Å². The van der Waals surface area contributed by atoms with Gasteiger partial charge in [-0.3, -0.25) is 0 Å². The second-order valence-electron chi connectivity index (χ2n) is 4.53. The van der Waals surface area contributed by atoms with E-state index in [4.69, 9.17) is 0 Å². The van der Waals surface area contributed by atoms with E-state index in [0.717, 1.165) is 19.3 Å². The minimum Gasteiger partial charge on any atom is -0.229 e. The lowest BCUT2D eigenvalue weighted by Crippen LogP contribution is -2.23. The molecule has 2 rings (SSSR count). The molecule has 84 valence electrons. The van der Waals surface area contributed by atoms with Crippen molar-refractivity contribution in [2.24, 2.45) is 5.92 Å². The van der Waals surface area contributed by atoms with Gasteiger partial charge in [-0.25, -0.2) is 8.42 Å². The highest BCUT2D eigenvalue weighted by Crippen LogP contribution is 2.25. The molecule has 2 nitrogen and oxygen atoms in total. The molecule has 2 heterocycles. The number of hydrogen-bond donors (Lipinski definition) is 0. The Balaban J connectivity index is 2.31. The first-order chi connectivity index (χ1) is 7.18. The van der Waals surface area contributed by atoms with E-state index >= 15 is 0 Å². The highest BCUT2D eigenvalue weighted by Gasteiger charge is 2.26. The van der Waals surface area contributed by atoms with Crippen molar-refractivity contribution < 1.29 is 8.42 Å². The zero-order valence-electron chi connectivity index (χ0n) is 8.93. The van der Waals surface area contributed by atoms with Crippen molar-refractivity contribution in [3.63, 3.8) is 0 Å². The van der Waals surface area contributed by atoms with Crippen molar-refractivity contribution in [1.82, 2.24) is 0 Å². The molecule has 0 N–H and O–H groups in total. The molecule has 0 aromatic carbocycles. The summed E-state index contributed by atoms with van der Waals surface area (Å²) >= 11 is 0. The first-order valence-corrected chi connectivity index (χ1v) is 7.41. The zero-order chi connectivity index (χ0) is 10.7. The van der Waals surface area contributed by atoms with Crippen LogP contribution in [0.15, 0.2) is 24.3 Å². The van der Waals surface area contributed by atoms with E-state index in [1.807, 2.05) is 0 Å². The van der Waals surface area contributed by atoms with Crippen LogP contribution in [-0.4, -0.2) is 19.4 Å². The predicted molar refractivity (Wildman–Crippen MR) is 62.4 cm³/mol. The van der Waals surface area contributed by atoms with Crippen LogP contribution in [0.2, 0.25) is 0 Å². The molecule has 0 saturated heterocycles. The van der Waals surface area contributed by atoms with E-state index in [1.54, 1.807) is 0 Å². The van der Waals surface area contributed by atoms with Crippen LogP contribution in [-0.2, 0) is 9.84 Å². The Bertz CT molecular complexity index is 347. The van der Waals surface area contributed by atoms with Gasteiger partial charge in [-0.2, -0.15) is 0 Å². The summed E-state index contributed by atoms with van der Waals surface area (Å²) < 4.78 is 24.0. The smallest absolute Gasteiger partial charge is 0.153 e. The molecule has 0 unspecified atom stereocenters. The summed E-state index contributed by atoms with van der Waals surface area (Å²) in [5.74, 6) is 0.898. The van der Waals surface area contributed by atoms with Gasteiger partial charge in [0.25, 0.3) is 0 Å². The normalized spacial score (nSPS) is 39.2. The second-order valence-corrected chi connectivity index (χ2v) is 6.93. The van der Waals surface area contributed by atoms with Gasteiger partial charge in [-0.05, 0) is 38.0 Å². The Morgan fingerprint density at radius 3 is 2.00 bits per heavy atom. The molecule has 3 heteroatoms. The monoisotopic (exact) mass is 226 g/mol. The molecule has 0 aromatic heterocycles. The van der Waals surface area contributed by atoms with Crippen molar-refractivity contribution in [2.45, 2.75) is 37.4 Å². The quantitative estimate of drug-likeness (QED) is 0.595. The van der Waals surface area contributed by atoms with E-state index in [2.05, 4.69) is 24.3 Å². The fraction of sp³-hybridized carbons (Fsp3) is 0.667. The van der Waals surface area contributed by atoms with Gasteiger partial charge in [-0.1, -0.05) is 24.3 Å². The van der Waals surface area contributed by atoms with Crippen LogP contribution in [0.5, 0.6) is 0 Å². The molecule has 2 aliphatic heterocycles. The van der Waals surface area contributed by atoms with E-state index in [-0.39, 0.29) is 5.25 Å².